The summed E-state index contributed by atoms with van der Waals surface area (Å²) in [6.45, 7) is 4.29. The summed E-state index contributed by atoms with van der Waals surface area (Å²) in [6, 6.07) is 5.49. The van der Waals surface area contributed by atoms with Gasteiger partial charge < -0.3 is 15.7 Å². The van der Waals surface area contributed by atoms with Crippen LogP contribution in [0, 0.1) is 0 Å². The Bertz CT molecular complexity index is 404. The van der Waals surface area contributed by atoms with E-state index >= 15 is 0 Å². The Hall–Kier alpha value is -1.71. The maximum atomic E-state index is 10.8. The van der Waals surface area contributed by atoms with Crippen molar-refractivity contribution in [2.24, 2.45) is 0 Å². The van der Waals surface area contributed by atoms with Crippen LogP contribution in [0.15, 0.2) is 18.2 Å². The van der Waals surface area contributed by atoms with Gasteiger partial charge in [0.15, 0.2) is 0 Å². The van der Waals surface area contributed by atoms with Crippen LogP contribution < -0.4 is 10.6 Å². The van der Waals surface area contributed by atoms with E-state index in [0.29, 0.717) is 11.7 Å². The lowest BCUT2D eigenvalue weighted by molar-refractivity contribution is 0.0698. The van der Waals surface area contributed by atoms with Crippen molar-refractivity contribution in [2.45, 2.75) is 32.7 Å². The maximum absolute atomic E-state index is 10.8. The first kappa shape index (κ1) is 13.4. The Morgan fingerprint density at radius 3 is 2.65 bits per heavy atom. The molecule has 1 rings (SSSR count). The van der Waals surface area contributed by atoms with Crippen molar-refractivity contribution < 1.29 is 9.90 Å². The molecule has 4 heteroatoms. The molecule has 1 unspecified atom stereocenters. The van der Waals surface area contributed by atoms with E-state index in [4.69, 9.17) is 10.8 Å². The number of carboxylic acid groups (broad SMARTS) is 1. The fraction of sp³-hybridized carbons (Fsp3) is 0.462. The number of benzene rings is 1. The molecule has 0 spiro atoms. The predicted octanol–water partition coefficient (Wildman–Crippen LogP) is 2.59. The molecule has 1 aromatic carbocycles. The van der Waals surface area contributed by atoms with Gasteiger partial charge in [-0.1, -0.05) is 13.3 Å². The third kappa shape index (κ3) is 3.12. The Morgan fingerprint density at radius 2 is 2.18 bits per heavy atom. The number of nitrogens with zero attached hydrogens (tertiary/aromatic N) is 1. The van der Waals surface area contributed by atoms with Gasteiger partial charge in [-0.2, -0.15) is 0 Å². The van der Waals surface area contributed by atoms with E-state index in [1.54, 1.807) is 18.2 Å². The highest BCUT2D eigenvalue weighted by Crippen LogP contribution is 2.23. The van der Waals surface area contributed by atoms with Crippen molar-refractivity contribution in [3.05, 3.63) is 23.8 Å². The van der Waals surface area contributed by atoms with E-state index in [2.05, 4.69) is 18.7 Å². The fourth-order valence-electron chi connectivity index (χ4n) is 1.83. The van der Waals surface area contributed by atoms with Gasteiger partial charge in [-0.15, -0.1) is 0 Å². The van der Waals surface area contributed by atoms with Gasteiger partial charge in [-0.3, -0.25) is 0 Å². The van der Waals surface area contributed by atoms with Gasteiger partial charge in [-0.25, -0.2) is 4.79 Å². The molecule has 0 radical (unpaired) electrons. The summed E-state index contributed by atoms with van der Waals surface area (Å²) in [5.41, 5.74) is 7.15. The number of hydrogen-bond donors (Lipinski definition) is 2. The molecule has 4 nitrogen and oxygen atoms in total. The molecule has 0 aliphatic heterocycles. The second kappa shape index (κ2) is 5.57. The highest BCUT2D eigenvalue weighted by Gasteiger charge is 2.12. The zero-order valence-electron chi connectivity index (χ0n) is 10.6. The van der Waals surface area contributed by atoms with Gasteiger partial charge >= 0.3 is 5.97 Å². The van der Waals surface area contributed by atoms with Gasteiger partial charge in [0.05, 0.1) is 5.56 Å². The van der Waals surface area contributed by atoms with Crippen LogP contribution in [-0.2, 0) is 0 Å². The quantitative estimate of drug-likeness (QED) is 0.771. The third-order valence-corrected chi connectivity index (χ3v) is 3.04. The topological polar surface area (TPSA) is 66.6 Å². The molecule has 0 saturated carbocycles. The second-order valence-electron chi connectivity index (χ2n) is 4.33. The lowest BCUT2D eigenvalue weighted by Gasteiger charge is -2.27. The molecule has 0 aromatic heterocycles. The molecule has 0 heterocycles. The number of aromatic carboxylic acids is 1. The second-order valence-corrected chi connectivity index (χ2v) is 4.33. The van der Waals surface area contributed by atoms with Gasteiger partial charge in [-0.05, 0) is 31.5 Å². The number of nitrogen functional groups attached to an aromatic ring is 1. The minimum absolute atomic E-state index is 0.158. The summed E-state index contributed by atoms with van der Waals surface area (Å²) in [5, 5.41) is 8.89. The van der Waals surface area contributed by atoms with Crippen LogP contribution >= 0.6 is 0 Å². The number of carboxylic acids is 1. The fourth-order valence-corrected chi connectivity index (χ4v) is 1.83. The lowest BCUT2D eigenvalue weighted by Crippen LogP contribution is -2.28. The first-order valence-corrected chi connectivity index (χ1v) is 5.83. The zero-order valence-corrected chi connectivity index (χ0v) is 10.6. The Labute approximate surface area is 102 Å². The maximum Gasteiger partial charge on any atom is 0.337 e. The van der Waals surface area contributed by atoms with E-state index in [1.807, 2.05) is 7.05 Å². The van der Waals surface area contributed by atoms with Crippen molar-refractivity contribution in [1.82, 2.24) is 0 Å². The van der Waals surface area contributed by atoms with Crippen molar-refractivity contribution in [1.29, 1.82) is 0 Å². The van der Waals surface area contributed by atoms with Crippen LogP contribution in [0.1, 0.15) is 37.0 Å². The molecule has 0 bridgehead atoms. The van der Waals surface area contributed by atoms with Gasteiger partial charge in [0, 0.05) is 24.5 Å². The summed E-state index contributed by atoms with van der Waals surface area (Å²) < 4.78 is 0. The zero-order chi connectivity index (χ0) is 13.0. The first-order chi connectivity index (χ1) is 7.97. The predicted molar refractivity (Wildman–Crippen MR) is 70.6 cm³/mol. The van der Waals surface area contributed by atoms with Crippen LogP contribution in [0.25, 0.3) is 0 Å². The van der Waals surface area contributed by atoms with Gasteiger partial charge in [0.2, 0.25) is 0 Å². The minimum Gasteiger partial charge on any atom is -0.478 e. The largest absolute Gasteiger partial charge is 0.478 e. The first-order valence-electron chi connectivity index (χ1n) is 5.83. The Balaban J connectivity index is 2.93. The van der Waals surface area contributed by atoms with Crippen molar-refractivity contribution >= 4 is 17.3 Å². The molecule has 94 valence electrons. The minimum atomic E-state index is -0.988. The third-order valence-electron chi connectivity index (χ3n) is 3.04. The summed E-state index contributed by atoms with van der Waals surface area (Å²) in [6.07, 6.45) is 2.21. The smallest absolute Gasteiger partial charge is 0.337 e. The van der Waals surface area contributed by atoms with Crippen LogP contribution in [0.2, 0.25) is 0 Å². The summed E-state index contributed by atoms with van der Waals surface area (Å²) in [7, 11) is 2.00. The monoisotopic (exact) mass is 236 g/mol. The molecule has 0 saturated heterocycles. The van der Waals surface area contributed by atoms with Crippen LogP contribution in [0.5, 0.6) is 0 Å². The van der Waals surface area contributed by atoms with E-state index < -0.39 is 5.97 Å². The van der Waals surface area contributed by atoms with Gasteiger partial charge in [0.25, 0.3) is 0 Å². The van der Waals surface area contributed by atoms with E-state index in [-0.39, 0.29) is 5.56 Å². The number of nitrogens with two attached hydrogens (primary N) is 1. The van der Waals surface area contributed by atoms with Crippen LogP contribution in [-0.4, -0.2) is 24.2 Å². The van der Waals surface area contributed by atoms with E-state index in [9.17, 15) is 4.79 Å². The highest BCUT2D eigenvalue weighted by atomic mass is 16.4. The molecule has 1 atom stereocenters. The van der Waals surface area contributed by atoms with Crippen molar-refractivity contribution in [2.75, 3.05) is 17.7 Å². The Kier molecular flexibility index (Phi) is 4.37. The van der Waals surface area contributed by atoms with E-state index in [0.717, 1.165) is 18.5 Å². The van der Waals surface area contributed by atoms with Gasteiger partial charge in [0.1, 0.15) is 0 Å². The molecule has 0 amide bonds. The summed E-state index contributed by atoms with van der Waals surface area (Å²) in [5.74, 6) is -0.988. The SMILES string of the molecule is CCCC(C)N(C)c1ccc(C(=O)O)c(N)c1. The summed E-state index contributed by atoms with van der Waals surface area (Å²) in [4.78, 5) is 13.0. The molecule has 1 aromatic rings. The number of anilines is 2. The normalized spacial score (nSPS) is 12.2. The molecular weight excluding hydrogens is 216 g/mol. The standard InChI is InChI=1S/C13H20N2O2/c1-4-5-9(2)15(3)10-6-7-11(13(16)17)12(14)8-10/h6-9H,4-5,14H2,1-3H3,(H,16,17). The van der Waals surface area contributed by atoms with Crippen molar-refractivity contribution in [3.8, 4) is 0 Å². The Morgan fingerprint density at radius 1 is 1.53 bits per heavy atom. The molecule has 3 N–H and O–H groups in total. The number of rotatable bonds is 5. The molecule has 0 aliphatic rings. The van der Waals surface area contributed by atoms with Crippen molar-refractivity contribution in [3.63, 3.8) is 0 Å². The summed E-state index contributed by atoms with van der Waals surface area (Å²) >= 11 is 0. The molecule has 0 aliphatic carbocycles. The molecular formula is C13H20N2O2. The average Bonchev–Trinajstić information content (AvgIpc) is 2.27. The lowest BCUT2D eigenvalue weighted by atomic mass is 10.1. The van der Waals surface area contributed by atoms with Crippen LogP contribution in [0.3, 0.4) is 0 Å². The van der Waals surface area contributed by atoms with Crippen LogP contribution in [0.4, 0.5) is 11.4 Å². The molecule has 17 heavy (non-hydrogen) atoms. The number of carbonyl (C=O) groups is 1. The van der Waals surface area contributed by atoms with E-state index in [1.165, 1.54) is 0 Å². The number of hydrogen-bond acceptors (Lipinski definition) is 3. The average molecular weight is 236 g/mol. The molecule has 0 fully saturated rings. The highest BCUT2D eigenvalue weighted by molar-refractivity contribution is 5.94.